The molecule has 0 saturated heterocycles. The number of ether oxygens (including phenoxy) is 3. The van der Waals surface area contributed by atoms with Crippen LogP contribution in [0.4, 0.5) is 10.1 Å². The molecule has 230 valence electrons. The SMILES string of the molecule is CC[C@@H](C(=O)NC(C)C)N(Cc1cccc(OC)c1)C(=O)CN(c1ccc(F)cc1)S(=O)(=O)c1ccc2c(c1)OCCO2. The summed E-state index contributed by atoms with van der Waals surface area (Å²) in [7, 11) is -2.85. The van der Waals surface area contributed by atoms with Crippen LogP contribution in [0.3, 0.4) is 0 Å². The molecular weight excluding hydrogens is 577 g/mol. The van der Waals surface area contributed by atoms with Crippen molar-refractivity contribution in [1.29, 1.82) is 0 Å². The average Bonchev–Trinajstić information content (AvgIpc) is 2.99. The molecule has 1 heterocycles. The third-order valence-corrected chi connectivity index (χ3v) is 8.57. The fourth-order valence-corrected chi connectivity index (χ4v) is 6.15. The third kappa shape index (κ3) is 7.56. The molecule has 4 rings (SSSR count). The van der Waals surface area contributed by atoms with Crippen LogP contribution in [0.2, 0.25) is 0 Å². The number of carbonyl (C=O) groups excluding carboxylic acids is 2. The van der Waals surface area contributed by atoms with Crippen molar-refractivity contribution in [3.8, 4) is 17.2 Å². The minimum atomic E-state index is -4.38. The first-order valence-electron chi connectivity index (χ1n) is 13.9. The van der Waals surface area contributed by atoms with Crippen LogP contribution >= 0.6 is 0 Å². The van der Waals surface area contributed by atoms with Crippen LogP contribution < -0.4 is 23.8 Å². The molecule has 1 aliphatic rings. The fourth-order valence-electron chi connectivity index (χ4n) is 4.72. The highest BCUT2D eigenvalue weighted by Crippen LogP contribution is 2.34. The molecule has 0 spiro atoms. The summed E-state index contributed by atoms with van der Waals surface area (Å²) < 4.78 is 59.4. The Hall–Kier alpha value is -4.32. The Morgan fingerprint density at radius 1 is 1.00 bits per heavy atom. The average molecular weight is 614 g/mol. The lowest BCUT2D eigenvalue weighted by Crippen LogP contribution is -2.53. The zero-order valence-electron chi connectivity index (χ0n) is 24.6. The molecule has 0 fully saturated rings. The van der Waals surface area contributed by atoms with Crippen LogP contribution in [-0.4, -0.2) is 64.1 Å². The molecule has 0 bridgehead atoms. The summed E-state index contributed by atoms with van der Waals surface area (Å²) in [6.07, 6.45) is 0.278. The van der Waals surface area contributed by atoms with Crippen LogP contribution in [0.5, 0.6) is 17.2 Å². The number of anilines is 1. The summed E-state index contributed by atoms with van der Waals surface area (Å²) in [6.45, 7) is 5.36. The second kappa shape index (κ2) is 13.8. The molecule has 10 nitrogen and oxygen atoms in total. The van der Waals surface area contributed by atoms with Gasteiger partial charge in [-0.3, -0.25) is 13.9 Å². The van der Waals surface area contributed by atoms with Crippen LogP contribution in [0, 0.1) is 5.82 Å². The Morgan fingerprint density at radius 3 is 2.35 bits per heavy atom. The number of hydrogen-bond acceptors (Lipinski definition) is 7. The molecule has 0 aromatic heterocycles. The lowest BCUT2D eigenvalue weighted by molar-refractivity contribution is -0.140. The smallest absolute Gasteiger partial charge is 0.264 e. The molecule has 2 amide bonds. The van der Waals surface area contributed by atoms with Gasteiger partial charge < -0.3 is 24.4 Å². The number of amides is 2. The number of sulfonamides is 1. The number of carbonyl (C=O) groups is 2. The second-order valence-electron chi connectivity index (χ2n) is 10.3. The summed E-state index contributed by atoms with van der Waals surface area (Å²) >= 11 is 0. The first-order chi connectivity index (χ1) is 20.5. The highest BCUT2D eigenvalue weighted by atomic mass is 32.2. The minimum absolute atomic E-state index is 0.0153. The number of benzene rings is 3. The van der Waals surface area contributed by atoms with Gasteiger partial charge in [0.1, 0.15) is 37.4 Å². The minimum Gasteiger partial charge on any atom is -0.497 e. The van der Waals surface area contributed by atoms with Crippen molar-refractivity contribution in [1.82, 2.24) is 10.2 Å². The van der Waals surface area contributed by atoms with Crippen molar-refractivity contribution >= 4 is 27.5 Å². The maximum Gasteiger partial charge on any atom is 0.264 e. The number of rotatable bonds is 12. The van der Waals surface area contributed by atoms with Gasteiger partial charge in [0.05, 0.1) is 17.7 Å². The lowest BCUT2D eigenvalue weighted by atomic mass is 10.1. The maximum absolute atomic E-state index is 14.1. The summed E-state index contributed by atoms with van der Waals surface area (Å²) in [6, 6.07) is 15.0. The van der Waals surface area contributed by atoms with Crippen LogP contribution in [0.1, 0.15) is 32.8 Å². The second-order valence-corrected chi connectivity index (χ2v) is 12.1. The number of hydrogen-bond donors (Lipinski definition) is 1. The van der Waals surface area contributed by atoms with E-state index >= 15 is 0 Å². The van der Waals surface area contributed by atoms with E-state index in [0.29, 0.717) is 23.7 Å². The number of halogens is 1. The van der Waals surface area contributed by atoms with Gasteiger partial charge in [0.2, 0.25) is 11.8 Å². The van der Waals surface area contributed by atoms with Crippen LogP contribution in [0.15, 0.2) is 71.6 Å². The van der Waals surface area contributed by atoms with Gasteiger partial charge in [0.25, 0.3) is 10.0 Å². The normalized spacial score (nSPS) is 13.3. The Morgan fingerprint density at radius 2 is 1.70 bits per heavy atom. The Bertz CT molecular complexity index is 1550. The molecule has 0 saturated carbocycles. The Kier molecular flexibility index (Phi) is 10.1. The monoisotopic (exact) mass is 613 g/mol. The summed E-state index contributed by atoms with van der Waals surface area (Å²) in [4.78, 5) is 28.6. The van der Waals surface area contributed by atoms with Crippen molar-refractivity contribution < 1.29 is 36.6 Å². The van der Waals surface area contributed by atoms with Crippen LogP contribution in [0.25, 0.3) is 0 Å². The van der Waals surface area contributed by atoms with Crippen molar-refractivity contribution in [3.63, 3.8) is 0 Å². The number of nitrogens with zero attached hydrogens (tertiary/aromatic N) is 2. The summed E-state index contributed by atoms with van der Waals surface area (Å²) in [5.74, 6) is -0.327. The van der Waals surface area contributed by atoms with E-state index in [1.807, 2.05) is 13.8 Å². The molecule has 3 aromatic carbocycles. The van der Waals surface area contributed by atoms with E-state index in [1.54, 1.807) is 31.2 Å². The van der Waals surface area contributed by atoms with Gasteiger partial charge in [-0.1, -0.05) is 19.1 Å². The molecule has 0 radical (unpaired) electrons. The Labute approximate surface area is 251 Å². The number of fused-ring (bicyclic) bond motifs is 1. The predicted molar refractivity (Wildman–Crippen MR) is 159 cm³/mol. The number of methoxy groups -OCH3 is 1. The van der Waals surface area contributed by atoms with Gasteiger partial charge in [-0.25, -0.2) is 12.8 Å². The van der Waals surface area contributed by atoms with Gasteiger partial charge in [-0.15, -0.1) is 0 Å². The lowest BCUT2D eigenvalue weighted by Gasteiger charge is -2.33. The largest absolute Gasteiger partial charge is 0.497 e. The van der Waals surface area contributed by atoms with Crippen molar-refractivity contribution in [2.45, 2.75) is 50.7 Å². The molecule has 1 aliphatic heterocycles. The third-order valence-electron chi connectivity index (χ3n) is 6.80. The molecule has 1 N–H and O–H groups in total. The molecule has 0 aliphatic carbocycles. The van der Waals surface area contributed by atoms with Crippen molar-refractivity contribution in [2.75, 3.05) is 31.2 Å². The van der Waals surface area contributed by atoms with E-state index in [1.165, 1.54) is 42.3 Å². The van der Waals surface area contributed by atoms with Gasteiger partial charge >= 0.3 is 0 Å². The van der Waals surface area contributed by atoms with Gasteiger partial charge in [-0.05, 0) is 74.4 Å². The number of nitrogens with one attached hydrogen (secondary N) is 1. The summed E-state index contributed by atoms with van der Waals surface area (Å²) in [5.41, 5.74) is 0.761. The van der Waals surface area contributed by atoms with E-state index in [4.69, 9.17) is 14.2 Å². The van der Waals surface area contributed by atoms with E-state index in [0.717, 1.165) is 16.4 Å². The highest BCUT2D eigenvalue weighted by molar-refractivity contribution is 7.92. The highest BCUT2D eigenvalue weighted by Gasteiger charge is 2.34. The maximum atomic E-state index is 14.1. The van der Waals surface area contributed by atoms with E-state index < -0.39 is 34.3 Å². The molecule has 43 heavy (non-hydrogen) atoms. The van der Waals surface area contributed by atoms with E-state index in [-0.39, 0.29) is 47.9 Å². The molecular formula is C31H36FN3O7S. The zero-order chi connectivity index (χ0) is 31.1. The first kappa shape index (κ1) is 31.6. The first-order valence-corrected chi connectivity index (χ1v) is 15.4. The Balaban J connectivity index is 1.75. The standard InChI is InChI=1S/C31H36FN3O7S/c1-5-27(31(37)33-21(2)3)34(19-22-7-6-8-25(17-22)40-4)30(36)20-35(24-11-9-23(32)10-12-24)43(38,39)26-13-14-28-29(18-26)42-16-15-41-28/h6-14,17-18,21,27H,5,15-16,19-20H2,1-4H3,(H,33,37)/t27-/m0/s1. The van der Waals surface area contributed by atoms with Crippen LogP contribution in [-0.2, 0) is 26.2 Å². The summed E-state index contributed by atoms with van der Waals surface area (Å²) in [5, 5.41) is 2.86. The van der Waals surface area contributed by atoms with Gasteiger partial charge in [0.15, 0.2) is 11.5 Å². The zero-order valence-corrected chi connectivity index (χ0v) is 25.4. The van der Waals surface area contributed by atoms with E-state index in [9.17, 15) is 22.4 Å². The predicted octanol–water partition coefficient (Wildman–Crippen LogP) is 4.13. The molecule has 3 aromatic rings. The van der Waals surface area contributed by atoms with E-state index in [2.05, 4.69) is 5.32 Å². The molecule has 1 atom stereocenters. The van der Waals surface area contributed by atoms with Crippen molar-refractivity contribution in [2.24, 2.45) is 0 Å². The quantitative estimate of drug-likeness (QED) is 0.327. The topological polar surface area (TPSA) is 114 Å². The molecule has 0 unspecified atom stereocenters. The van der Waals surface area contributed by atoms with Crippen molar-refractivity contribution in [3.05, 3.63) is 78.1 Å². The fraction of sp³-hybridized carbons (Fsp3) is 0.355. The van der Waals surface area contributed by atoms with Gasteiger partial charge in [-0.2, -0.15) is 0 Å². The van der Waals surface area contributed by atoms with Gasteiger partial charge in [0, 0.05) is 18.7 Å². The molecule has 12 heteroatoms.